The molecule has 1 saturated heterocycles. The third-order valence-electron chi connectivity index (χ3n) is 4.56. The Bertz CT molecular complexity index is 761. The zero-order chi connectivity index (χ0) is 17.9. The summed E-state index contributed by atoms with van der Waals surface area (Å²) in [6, 6.07) is 13.0. The topological polar surface area (TPSA) is 79.7 Å². The van der Waals surface area contributed by atoms with E-state index in [0.29, 0.717) is 37.4 Å². The van der Waals surface area contributed by atoms with Gasteiger partial charge in [0.25, 0.3) is 5.91 Å². The maximum atomic E-state index is 12.6. The summed E-state index contributed by atoms with van der Waals surface area (Å²) in [4.78, 5) is 29.7. The number of carboxylic acids is 1. The van der Waals surface area contributed by atoms with E-state index in [1.165, 1.54) is 11.1 Å². The number of carbonyl (C=O) groups excluding carboxylic acids is 1. The Morgan fingerprint density at radius 1 is 1.24 bits per heavy atom. The molecular weight excluding hydrogens is 320 g/mol. The first kappa shape index (κ1) is 17.0. The first-order valence-electron chi connectivity index (χ1n) is 8.19. The monoisotopic (exact) mass is 340 g/mol. The van der Waals surface area contributed by atoms with Crippen LogP contribution < -0.4 is 4.74 Å². The number of benzene rings is 1. The van der Waals surface area contributed by atoms with Crippen molar-refractivity contribution in [1.29, 1.82) is 0 Å². The number of amides is 1. The predicted molar refractivity (Wildman–Crippen MR) is 91.3 cm³/mol. The molecule has 1 atom stereocenters. The van der Waals surface area contributed by atoms with Gasteiger partial charge in [-0.15, -0.1) is 0 Å². The minimum Gasteiger partial charge on any atom is -0.480 e. The second kappa shape index (κ2) is 6.93. The van der Waals surface area contributed by atoms with Crippen LogP contribution in [-0.4, -0.2) is 39.0 Å². The average Bonchev–Trinajstić information content (AvgIpc) is 3.04. The van der Waals surface area contributed by atoms with E-state index in [2.05, 4.69) is 4.98 Å². The van der Waals surface area contributed by atoms with Crippen molar-refractivity contribution < 1.29 is 19.4 Å². The highest BCUT2D eigenvalue weighted by molar-refractivity contribution is 5.98. The average molecular weight is 340 g/mol. The van der Waals surface area contributed by atoms with Crippen molar-refractivity contribution in [2.45, 2.75) is 31.9 Å². The number of pyridine rings is 1. The molecule has 0 bridgehead atoms. The summed E-state index contributed by atoms with van der Waals surface area (Å²) in [7, 11) is 0. The van der Waals surface area contributed by atoms with E-state index in [0.717, 1.165) is 5.56 Å². The molecule has 0 aliphatic carbocycles. The molecular formula is C19H20N2O4. The van der Waals surface area contributed by atoms with Crippen molar-refractivity contribution >= 4 is 11.9 Å². The lowest BCUT2D eigenvalue weighted by Crippen LogP contribution is -2.50. The molecule has 3 rings (SSSR count). The van der Waals surface area contributed by atoms with Gasteiger partial charge in [0.1, 0.15) is 12.1 Å². The highest BCUT2D eigenvalue weighted by Gasteiger charge is 2.46. The van der Waals surface area contributed by atoms with Crippen molar-refractivity contribution in [2.24, 2.45) is 0 Å². The fourth-order valence-corrected chi connectivity index (χ4v) is 2.99. The molecule has 2 heterocycles. The molecule has 0 spiro atoms. The van der Waals surface area contributed by atoms with Crippen LogP contribution in [0.5, 0.6) is 5.88 Å². The highest BCUT2D eigenvalue weighted by atomic mass is 16.5. The van der Waals surface area contributed by atoms with Crippen molar-refractivity contribution in [2.75, 3.05) is 6.54 Å². The van der Waals surface area contributed by atoms with Crippen molar-refractivity contribution in [3.8, 4) is 5.88 Å². The quantitative estimate of drug-likeness (QED) is 0.905. The third kappa shape index (κ3) is 3.47. The molecule has 1 unspecified atom stereocenters. The molecule has 6 nitrogen and oxygen atoms in total. The standard InChI is InChI=1S/C19H20N2O4/c1-19(18(23)24)10-5-11-21(19)17(22)15-8-9-16(20-12-15)25-13-14-6-3-2-4-7-14/h2-4,6-9,12H,5,10-11,13H2,1H3,(H,23,24). The van der Waals surface area contributed by atoms with Gasteiger partial charge in [-0.1, -0.05) is 30.3 Å². The van der Waals surface area contributed by atoms with Crippen molar-refractivity contribution in [3.63, 3.8) is 0 Å². The molecule has 1 aliphatic heterocycles. The van der Waals surface area contributed by atoms with Crippen LogP contribution in [0.2, 0.25) is 0 Å². The van der Waals surface area contributed by atoms with Gasteiger partial charge in [0.15, 0.2) is 0 Å². The number of likely N-dealkylation sites (tertiary alicyclic amines) is 1. The number of aliphatic carboxylic acids is 1. The predicted octanol–water partition coefficient (Wildman–Crippen LogP) is 2.74. The van der Waals surface area contributed by atoms with Gasteiger partial charge in [-0.25, -0.2) is 9.78 Å². The maximum Gasteiger partial charge on any atom is 0.329 e. The van der Waals surface area contributed by atoms with Crippen LogP contribution in [0, 0.1) is 0 Å². The minimum atomic E-state index is -1.15. The molecule has 6 heteroatoms. The second-order valence-electron chi connectivity index (χ2n) is 6.30. The number of aromatic nitrogens is 1. The lowest BCUT2D eigenvalue weighted by molar-refractivity contribution is -0.147. The first-order chi connectivity index (χ1) is 12.0. The summed E-state index contributed by atoms with van der Waals surface area (Å²) >= 11 is 0. The van der Waals surface area contributed by atoms with Gasteiger partial charge in [-0.2, -0.15) is 0 Å². The number of hydrogen-bond donors (Lipinski definition) is 1. The lowest BCUT2D eigenvalue weighted by atomic mass is 9.99. The summed E-state index contributed by atoms with van der Waals surface area (Å²) in [5, 5.41) is 9.43. The summed E-state index contributed by atoms with van der Waals surface area (Å²) in [5.41, 5.74) is 0.236. The van der Waals surface area contributed by atoms with E-state index < -0.39 is 11.5 Å². The normalized spacial score (nSPS) is 19.6. The zero-order valence-corrected chi connectivity index (χ0v) is 14.0. The molecule has 1 fully saturated rings. The van der Waals surface area contributed by atoms with E-state index in [9.17, 15) is 14.7 Å². The second-order valence-corrected chi connectivity index (χ2v) is 6.30. The number of carbonyl (C=O) groups is 2. The van der Waals surface area contributed by atoms with Crippen LogP contribution in [0.3, 0.4) is 0 Å². The van der Waals surface area contributed by atoms with Crippen LogP contribution in [0.25, 0.3) is 0 Å². The zero-order valence-electron chi connectivity index (χ0n) is 14.0. The smallest absolute Gasteiger partial charge is 0.329 e. The van der Waals surface area contributed by atoms with Crippen LogP contribution in [0.4, 0.5) is 0 Å². The van der Waals surface area contributed by atoms with Gasteiger partial charge < -0.3 is 14.7 Å². The van der Waals surface area contributed by atoms with Crippen molar-refractivity contribution in [3.05, 3.63) is 59.8 Å². The van der Waals surface area contributed by atoms with E-state index in [-0.39, 0.29) is 5.91 Å². The van der Waals surface area contributed by atoms with Gasteiger partial charge in [-0.3, -0.25) is 4.79 Å². The van der Waals surface area contributed by atoms with Gasteiger partial charge in [0, 0.05) is 18.8 Å². The Labute approximate surface area is 146 Å². The van der Waals surface area contributed by atoms with Gasteiger partial charge >= 0.3 is 5.97 Å². The SMILES string of the molecule is CC1(C(=O)O)CCCN1C(=O)c1ccc(OCc2ccccc2)nc1. The summed E-state index contributed by atoms with van der Waals surface area (Å²) < 4.78 is 5.60. The molecule has 2 aromatic rings. The van der Waals surface area contributed by atoms with Crippen LogP contribution >= 0.6 is 0 Å². The number of rotatable bonds is 5. The van der Waals surface area contributed by atoms with Gasteiger partial charge in [0.05, 0.1) is 5.56 Å². The number of carboxylic acid groups (broad SMARTS) is 1. The maximum absolute atomic E-state index is 12.6. The Morgan fingerprint density at radius 2 is 2.00 bits per heavy atom. The molecule has 1 aliphatic rings. The minimum absolute atomic E-state index is 0.315. The third-order valence-corrected chi connectivity index (χ3v) is 4.56. The summed E-state index contributed by atoms with van der Waals surface area (Å²) in [6.07, 6.45) is 2.57. The Kier molecular flexibility index (Phi) is 4.70. The van der Waals surface area contributed by atoms with E-state index >= 15 is 0 Å². The molecule has 1 aromatic heterocycles. The molecule has 1 amide bonds. The van der Waals surface area contributed by atoms with E-state index in [1.54, 1.807) is 19.1 Å². The molecule has 0 saturated carbocycles. The van der Waals surface area contributed by atoms with Gasteiger partial charge in [0.2, 0.25) is 5.88 Å². The highest BCUT2D eigenvalue weighted by Crippen LogP contribution is 2.30. The van der Waals surface area contributed by atoms with Crippen LogP contribution in [-0.2, 0) is 11.4 Å². The Balaban J connectivity index is 1.67. The lowest BCUT2D eigenvalue weighted by Gasteiger charge is -2.31. The Morgan fingerprint density at radius 3 is 2.64 bits per heavy atom. The van der Waals surface area contributed by atoms with Crippen LogP contribution in [0.15, 0.2) is 48.7 Å². The van der Waals surface area contributed by atoms with E-state index in [4.69, 9.17) is 4.74 Å². The molecule has 130 valence electrons. The van der Waals surface area contributed by atoms with Gasteiger partial charge in [-0.05, 0) is 31.4 Å². The van der Waals surface area contributed by atoms with Crippen molar-refractivity contribution in [1.82, 2.24) is 9.88 Å². The Hall–Kier alpha value is -2.89. The number of hydrogen-bond acceptors (Lipinski definition) is 4. The van der Waals surface area contributed by atoms with E-state index in [1.807, 2.05) is 30.3 Å². The summed E-state index contributed by atoms with van der Waals surface area (Å²) in [6.45, 7) is 2.42. The first-order valence-corrected chi connectivity index (χ1v) is 8.19. The number of nitrogens with zero attached hydrogens (tertiary/aromatic N) is 2. The largest absolute Gasteiger partial charge is 0.480 e. The molecule has 1 N–H and O–H groups in total. The fraction of sp³-hybridized carbons (Fsp3) is 0.316. The molecule has 1 aromatic carbocycles. The van der Waals surface area contributed by atoms with Crippen LogP contribution in [0.1, 0.15) is 35.7 Å². The molecule has 25 heavy (non-hydrogen) atoms. The molecule has 0 radical (unpaired) electrons. The summed E-state index contributed by atoms with van der Waals surface area (Å²) in [5.74, 6) is -0.874. The number of ether oxygens (including phenoxy) is 1. The fourth-order valence-electron chi connectivity index (χ4n) is 2.99.